The van der Waals surface area contributed by atoms with Gasteiger partial charge in [-0.15, -0.1) is 0 Å². The average Bonchev–Trinajstić information content (AvgIpc) is 2.85. The summed E-state index contributed by atoms with van der Waals surface area (Å²) in [7, 11) is 0. The van der Waals surface area contributed by atoms with Crippen molar-refractivity contribution >= 4 is 5.91 Å². The number of rotatable bonds is 8. The van der Waals surface area contributed by atoms with E-state index in [9.17, 15) is 4.79 Å². The fraction of sp³-hybridized carbons (Fsp3) is 0.148. The fourth-order valence-electron chi connectivity index (χ4n) is 3.46. The Hall–Kier alpha value is -3.99. The third kappa shape index (κ3) is 5.58. The van der Waals surface area contributed by atoms with Crippen LogP contribution in [0.1, 0.15) is 32.6 Å². The second-order valence-electron chi connectivity index (χ2n) is 7.63. The van der Waals surface area contributed by atoms with E-state index in [-0.39, 0.29) is 5.91 Å². The van der Waals surface area contributed by atoms with Crippen LogP contribution in [0.2, 0.25) is 0 Å². The molecule has 2 aromatic heterocycles. The Morgan fingerprint density at radius 3 is 2.31 bits per heavy atom. The summed E-state index contributed by atoms with van der Waals surface area (Å²) in [5.41, 5.74) is 4.82. The van der Waals surface area contributed by atoms with Gasteiger partial charge in [0.15, 0.2) is 0 Å². The zero-order valence-corrected chi connectivity index (χ0v) is 18.0. The minimum atomic E-state index is -0.0519. The Kier molecular flexibility index (Phi) is 6.88. The molecule has 0 saturated carbocycles. The highest BCUT2D eigenvalue weighted by Gasteiger charge is 2.18. The van der Waals surface area contributed by atoms with E-state index in [0.717, 1.165) is 22.3 Å². The maximum absolute atomic E-state index is 13.5. The topological polar surface area (TPSA) is 55.3 Å². The van der Waals surface area contributed by atoms with Crippen molar-refractivity contribution in [3.8, 4) is 5.75 Å². The SMILES string of the molecule is Cc1ccccc1CN(Cc1cccnc1)C(=O)c1cccc(OCc2cccnc2)c1. The van der Waals surface area contributed by atoms with Gasteiger partial charge in [-0.25, -0.2) is 0 Å². The van der Waals surface area contributed by atoms with Crippen LogP contribution >= 0.6 is 0 Å². The number of amides is 1. The van der Waals surface area contributed by atoms with E-state index in [4.69, 9.17) is 4.74 Å². The number of benzene rings is 2. The van der Waals surface area contributed by atoms with Crippen LogP contribution < -0.4 is 4.74 Å². The van der Waals surface area contributed by atoms with Gasteiger partial charge in [0.1, 0.15) is 12.4 Å². The molecule has 0 aliphatic heterocycles. The summed E-state index contributed by atoms with van der Waals surface area (Å²) in [4.78, 5) is 23.7. The van der Waals surface area contributed by atoms with Crippen molar-refractivity contribution in [2.45, 2.75) is 26.6 Å². The Bertz CT molecular complexity index is 1160. The van der Waals surface area contributed by atoms with Crippen LogP contribution in [0.4, 0.5) is 0 Å². The number of hydrogen-bond donors (Lipinski definition) is 0. The first-order valence-electron chi connectivity index (χ1n) is 10.5. The zero-order valence-electron chi connectivity index (χ0n) is 18.0. The first-order chi connectivity index (χ1) is 15.7. The Morgan fingerprint density at radius 1 is 0.844 bits per heavy atom. The molecule has 0 spiro atoms. The molecule has 0 aliphatic carbocycles. The molecule has 5 heteroatoms. The van der Waals surface area contributed by atoms with E-state index < -0.39 is 0 Å². The molecule has 0 N–H and O–H groups in total. The lowest BCUT2D eigenvalue weighted by atomic mass is 10.1. The molecule has 0 atom stereocenters. The zero-order chi connectivity index (χ0) is 22.2. The van der Waals surface area contributed by atoms with Crippen LogP contribution in [0.15, 0.2) is 97.6 Å². The van der Waals surface area contributed by atoms with E-state index in [2.05, 4.69) is 29.0 Å². The van der Waals surface area contributed by atoms with Gasteiger partial charge in [-0.3, -0.25) is 14.8 Å². The van der Waals surface area contributed by atoms with Crippen LogP contribution in [-0.2, 0) is 19.7 Å². The van der Waals surface area contributed by atoms with Gasteiger partial charge in [0, 0.05) is 49.0 Å². The summed E-state index contributed by atoms with van der Waals surface area (Å²) in [6.45, 7) is 3.45. The number of carbonyl (C=O) groups excluding carboxylic acids is 1. The molecule has 0 saturated heterocycles. The highest BCUT2D eigenvalue weighted by atomic mass is 16.5. The van der Waals surface area contributed by atoms with Gasteiger partial charge in [-0.2, -0.15) is 0 Å². The summed E-state index contributed by atoms with van der Waals surface area (Å²) in [5.74, 6) is 0.598. The number of pyridine rings is 2. The van der Waals surface area contributed by atoms with Crippen LogP contribution in [0.5, 0.6) is 5.75 Å². The highest BCUT2D eigenvalue weighted by molar-refractivity contribution is 5.94. The average molecular weight is 424 g/mol. The standard InChI is InChI=1S/C27H25N3O2/c1-21-7-2-3-10-25(21)19-30(18-22-8-5-13-28-16-22)27(31)24-11-4-12-26(15-24)32-20-23-9-6-14-29-17-23/h2-17H,18-20H2,1H3. The molecular formula is C27H25N3O2. The first-order valence-corrected chi connectivity index (χ1v) is 10.5. The maximum Gasteiger partial charge on any atom is 0.254 e. The van der Waals surface area contributed by atoms with Gasteiger partial charge in [-0.05, 0) is 53.9 Å². The van der Waals surface area contributed by atoms with Gasteiger partial charge in [0.2, 0.25) is 0 Å². The van der Waals surface area contributed by atoms with Crippen molar-refractivity contribution in [3.63, 3.8) is 0 Å². The molecule has 4 aromatic rings. The lowest BCUT2D eigenvalue weighted by Crippen LogP contribution is -2.30. The fourth-order valence-corrected chi connectivity index (χ4v) is 3.46. The largest absolute Gasteiger partial charge is 0.489 e. The molecule has 0 bridgehead atoms. The Morgan fingerprint density at radius 2 is 1.59 bits per heavy atom. The van der Waals surface area contributed by atoms with E-state index in [0.29, 0.717) is 31.0 Å². The van der Waals surface area contributed by atoms with Gasteiger partial charge in [-0.1, -0.05) is 42.5 Å². The van der Waals surface area contributed by atoms with Crippen LogP contribution in [-0.4, -0.2) is 20.8 Å². The van der Waals surface area contributed by atoms with Crippen LogP contribution in [0, 0.1) is 6.92 Å². The van der Waals surface area contributed by atoms with Crippen molar-refractivity contribution in [2.24, 2.45) is 0 Å². The van der Waals surface area contributed by atoms with Crippen LogP contribution in [0.25, 0.3) is 0 Å². The molecule has 32 heavy (non-hydrogen) atoms. The molecule has 1 amide bonds. The molecule has 4 rings (SSSR count). The van der Waals surface area contributed by atoms with E-state index in [1.807, 2.05) is 59.5 Å². The van der Waals surface area contributed by atoms with Gasteiger partial charge in [0.25, 0.3) is 5.91 Å². The number of nitrogens with zero attached hydrogens (tertiary/aromatic N) is 3. The van der Waals surface area contributed by atoms with E-state index in [1.165, 1.54) is 0 Å². The maximum atomic E-state index is 13.5. The van der Waals surface area contributed by atoms with Gasteiger partial charge >= 0.3 is 0 Å². The molecule has 0 radical (unpaired) electrons. The third-order valence-corrected chi connectivity index (χ3v) is 5.22. The minimum absolute atomic E-state index is 0.0519. The summed E-state index contributed by atoms with van der Waals surface area (Å²) in [5, 5.41) is 0. The number of hydrogen-bond acceptors (Lipinski definition) is 4. The normalized spacial score (nSPS) is 10.5. The van der Waals surface area contributed by atoms with E-state index >= 15 is 0 Å². The van der Waals surface area contributed by atoms with Gasteiger partial charge in [0.05, 0.1) is 0 Å². The van der Waals surface area contributed by atoms with Crippen molar-refractivity contribution < 1.29 is 9.53 Å². The molecule has 2 aromatic carbocycles. The van der Waals surface area contributed by atoms with Crippen LogP contribution in [0.3, 0.4) is 0 Å². The van der Waals surface area contributed by atoms with Gasteiger partial charge < -0.3 is 9.64 Å². The van der Waals surface area contributed by atoms with E-state index in [1.54, 1.807) is 30.9 Å². The molecule has 0 fully saturated rings. The predicted octanol–water partition coefficient (Wildman–Crippen LogP) is 5.21. The second-order valence-corrected chi connectivity index (χ2v) is 7.63. The summed E-state index contributed by atoms with van der Waals surface area (Å²) in [6.07, 6.45) is 7.03. The number of aromatic nitrogens is 2. The highest BCUT2D eigenvalue weighted by Crippen LogP contribution is 2.20. The number of ether oxygens (including phenoxy) is 1. The predicted molar refractivity (Wildman–Crippen MR) is 124 cm³/mol. The lowest BCUT2D eigenvalue weighted by molar-refractivity contribution is 0.0729. The summed E-state index contributed by atoms with van der Waals surface area (Å²) in [6, 6.07) is 23.2. The summed E-state index contributed by atoms with van der Waals surface area (Å²) >= 11 is 0. The first kappa shape index (κ1) is 21.2. The Labute approximate surface area is 188 Å². The molecular weight excluding hydrogens is 398 g/mol. The molecule has 0 aliphatic rings. The Balaban J connectivity index is 1.55. The molecule has 5 nitrogen and oxygen atoms in total. The minimum Gasteiger partial charge on any atom is -0.489 e. The lowest BCUT2D eigenvalue weighted by Gasteiger charge is -2.24. The smallest absolute Gasteiger partial charge is 0.254 e. The monoisotopic (exact) mass is 423 g/mol. The van der Waals surface area contributed by atoms with Crippen molar-refractivity contribution in [1.82, 2.24) is 14.9 Å². The van der Waals surface area contributed by atoms with Crippen molar-refractivity contribution in [2.75, 3.05) is 0 Å². The summed E-state index contributed by atoms with van der Waals surface area (Å²) < 4.78 is 5.90. The molecule has 2 heterocycles. The number of aryl methyl sites for hydroxylation is 1. The molecule has 0 unspecified atom stereocenters. The number of carbonyl (C=O) groups is 1. The second kappa shape index (κ2) is 10.4. The molecule has 160 valence electrons. The quantitative estimate of drug-likeness (QED) is 0.391. The third-order valence-electron chi connectivity index (χ3n) is 5.22. The van der Waals surface area contributed by atoms with Crippen molar-refractivity contribution in [3.05, 3.63) is 125 Å². The van der Waals surface area contributed by atoms with Crippen molar-refractivity contribution in [1.29, 1.82) is 0 Å².